The van der Waals surface area contributed by atoms with Crippen molar-refractivity contribution in [3.63, 3.8) is 0 Å². The van der Waals surface area contributed by atoms with Crippen molar-refractivity contribution in [3.8, 4) is 0 Å². The van der Waals surface area contributed by atoms with Gasteiger partial charge in [0.2, 0.25) is 0 Å². The zero-order valence-electron chi connectivity index (χ0n) is 14.7. The van der Waals surface area contributed by atoms with Crippen LogP contribution < -0.4 is 0 Å². The summed E-state index contributed by atoms with van der Waals surface area (Å²) in [5.74, 6) is 0. The van der Waals surface area contributed by atoms with Crippen LogP contribution in [-0.4, -0.2) is 74.2 Å². The van der Waals surface area contributed by atoms with E-state index in [4.69, 9.17) is 31.0 Å². The highest BCUT2D eigenvalue weighted by Crippen LogP contribution is 2.66. The Morgan fingerprint density at radius 1 is 1.03 bits per heavy atom. The molecule has 0 amide bonds. The number of ether oxygens (including phenoxy) is 1. The van der Waals surface area contributed by atoms with Crippen LogP contribution in [-0.2, 0) is 31.6 Å². The average molecular weight is 527 g/mol. The average Bonchev–Trinajstić information content (AvgIpc) is 3.13. The zero-order valence-corrected chi connectivity index (χ0v) is 18.2. The second-order valence-electron chi connectivity index (χ2n) is 5.92. The Hall–Kier alpha value is -0.870. The minimum atomic E-state index is -5.70. The first-order valence-corrected chi connectivity index (χ1v) is 12.7. The number of phosphoric ester groups is 1. The molecule has 1 aliphatic rings. The van der Waals surface area contributed by atoms with E-state index >= 15 is 0 Å². The van der Waals surface area contributed by atoms with E-state index in [0.29, 0.717) is 0 Å². The molecule has 2 aromatic heterocycles. The molecule has 6 unspecified atom stereocenters. The monoisotopic (exact) mass is 526 g/mol. The fourth-order valence-corrected chi connectivity index (χ4v) is 5.78. The van der Waals surface area contributed by atoms with Crippen LogP contribution in [0.1, 0.15) is 6.23 Å². The van der Waals surface area contributed by atoms with E-state index in [9.17, 15) is 28.8 Å². The summed E-state index contributed by atoms with van der Waals surface area (Å²) in [5.41, 5.74) is 0.316. The van der Waals surface area contributed by atoms with Crippen molar-refractivity contribution in [2.75, 3.05) is 6.61 Å². The first-order valence-electron chi connectivity index (χ1n) is 7.82. The molecule has 21 heteroatoms. The van der Waals surface area contributed by atoms with Crippen LogP contribution in [0.4, 0.5) is 0 Å². The molecule has 1 fully saturated rings. The second kappa shape index (κ2) is 8.82. The van der Waals surface area contributed by atoms with Gasteiger partial charge in [0.05, 0.1) is 12.9 Å². The van der Waals surface area contributed by atoms with Crippen molar-refractivity contribution < 1.29 is 61.4 Å². The van der Waals surface area contributed by atoms with Gasteiger partial charge in [-0.15, -0.1) is 0 Å². The molecule has 0 aromatic carbocycles. The number of aromatic nitrogens is 4. The molecule has 3 heterocycles. The molecule has 174 valence electrons. The number of hydrogen-bond donors (Lipinski definition) is 6. The van der Waals surface area contributed by atoms with Crippen molar-refractivity contribution in [1.82, 2.24) is 19.5 Å². The summed E-state index contributed by atoms with van der Waals surface area (Å²) in [6.45, 7) is -0.958. The Morgan fingerprint density at radius 3 is 2.35 bits per heavy atom. The number of imidazole rings is 1. The van der Waals surface area contributed by atoms with E-state index in [0.717, 1.165) is 6.33 Å². The standard InChI is InChI=1S/C10H14ClN4O13P3/c11-8-5-9(13-2-12-8)15(3-14-5)10-7(17)6(16)4(26-10)1-25-30(21,22)28-31(23,24)27-29(18,19)20/h2-4,6-7,10,16-17H,1H2,(H,21,22)(H,23,24)(H2,18,19,20). The molecule has 6 N–H and O–H groups in total. The van der Waals surface area contributed by atoms with Gasteiger partial charge in [-0.1, -0.05) is 11.6 Å². The lowest BCUT2D eigenvalue weighted by Crippen LogP contribution is -2.33. The van der Waals surface area contributed by atoms with Crippen LogP contribution in [0.15, 0.2) is 12.7 Å². The van der Waals surface area contributed by atoms with E-state index in [1.807, 2.05) is 0 Å². The van der Waals surface area contributed by atoms with Crippen molar-refractivity contribution in [3.05, 3.63) is 17.8 Å². The third-order valence-corrected chi connectivity index (χ3v) is 7.82. The molecule has 31 heavy (non-hydrogen) atoms. The first-order chi connectivity index (χ1) is 14.2. The topological polar surface area (TPSA) is 253 Å². The quantitative estimate of drug-likeness (QED) is 0.186. The lowest BCUT2D eigenvalue weighted by Gasteiger charge is -2.19. The van der Waals surface area contributed by atoms with E-state index < -0.39 is 54.6 Å². The molecule has 3 rings (SSSR count). The van der Waals surface area contributed by atoms with Gasteiger partial charge < -0.3 is 34.5 Å². The molecule has 0 bridgehead atoms. The lowest BCUT2D eigenvalue weighted by atomic mass is 10.1. The molecule has 2 aromatic rings. The van der Waals surface area contributed by atoms with Crippen LogP contribution in [0.5, 0.6) is 0 Å². The molecule has 0 radical (unpaired) electrons. The lowest BCUT2D eigenvalue weighted by molar-refractivity contribution is -0.0503. The van der Waals surface area contributed by atoms with Crippen LogP contribution in [0, 0.1) is 0 Å². The number of aliphatic hydroxyl groups is 2. The van der Waals surface area contributed by atoms with Gasteiger partial charge in [-0.3, -0.25) is 9.09 Å². The predicted octanol–water partition coefficient (Wildman–Crippen LogP) is -0.558. The zero-order chi connectivity index (χ0) is 23.2. The molecule has 0 aliphatic carbocycles. The summed E-state index contributed by atoms with van der Waals surface area (Å²) in [6, 6.07) is 0. The van der Waals surface area contributed by atoms with Crippen molar-refractivity contribution >= 4 is 46.2 Å². The minimum absolute atomic E-state index is 0.0148. The Labute approximate surface area is 176 Å². The Bertz CT molecular complexity index is 1110. The number of aliphatic hydroxyl groups excluding tert-OH is 2. The Morgan fingerprint density at radius 2 is 1.71 bits per heavy atom. The van der Waals surface area contributed by atoms with Gasteiger partial charge in [0.25, 0.3) is 0 Å². The molecule has 6 atom stereocenters. The van der Waals surface area contributed by atoms with Crippen molar-refractivity contribution in [2.45, 2.75) is 24.5 Å². The predicted molar refractivity (Wildman–Crippen MR) is 96.1 cm³/mol. The summed E-state index contributed by atoms with van der Waals surface area (Å²) in [7, 11) is -16.7. The smallest absolute Gasteiger partial charge is 0.387 e. The Kier molecular flexibility index (Phi) is 7.04. The van der Waals surface area contributed by atoms with Gasteiger partial charge in [0.15, 0.2) is 17.0 Å². The van der Waals surface area contributed by atoms with Crippen LogP contribution >= 0.6 is 35.1 Å². The van der Waals surface area contributed by atoms with Crippen LogP contribution in [0.25, 0.3) is 11.2 Å². The van der Waals surface area contributed by atoms with Gasteiger partial charge in [0.1, 0.15) is 30.2 Å². The van der Waals surface area contributed by atoms with Crippen molar-refractivity contribution in [2.24, 2.45) is 0 Å². The highest BCUT2D eigenvalue weighted by Gasteiger charge is 2.47. The van der Waals surface area contributed by atoms with E-state index in [2.05, 4.69) is 28.1 Å². The van der Waals surface area contributed by atoms with E-state index in [1.165, 1.54) is 10.9 Å². The highest BCUT2D eigenvalue weighted by atomic mass is 35.5. The summed E-state index contributed by atoms with van der Waals surface area (Å²) >= 11 is 5.89. The summed E-state index contributed by atoms with van der Waals surface area (Å²) in [4.78, 5) is 47.2. The maximum Gasteiger partial charge on any atom is 0.490 e. The Balaban J connectivity index is 1.69. The summed E-state index contributed by atoms with van der Waals surface area (Å²) in [5, 5.41) is 20.4. The second-order valence-corrected chi connectivity index (χ2v) is 10.7. The molecular formula is C10H14ClN4O13P3. The number of halogens is 1. The van der Waals surface area contributed by atoms with Gasteiger partial charge in [-0.05, 0) is 0 Å². The largest absolute Gasteiger partial charge is 0.490 e. The van der Waals surface area contributed by atoms with Gasteiger partial charge in [0, 0.05) is 0 Å². The van der Waals surface area contributed by atoms with Gasteiger partial charge in [-0.25, -0.2) is 28.6 Å². The highest BCUT2D eigenvalue weighted by molar-refractivity contribution is 7.66. The summed E-state index contributed by atoms with van der Waals surface area (Å²) < 4.78 is 51.9. The molecule has 0 spiro atoms. The fraction of sp³-hybridized carbons (Fsp3) is 0.500. The fourth-order valence-electron chi connectivity index (χ4n) is 2.58. The van der Waals surface area contributed by atoms with Crippen molar-refractivity contribution in [1.29, 1.82) is 0 Å². The molecule has 1 saturated heterocycles. The van der Waals surface area contributed by atoms with Gasteiger partial charge in [-0.2, -0.15) is 8.62 Å². The third-order valence-electron chi connectivity index (χ3n) is 3.74. The molecule has 1 aliphatic heterocycles. The van der Waals surface area contributed by atoms with Crippen LogP contribution in [0.2, 0.25) is 5.15 Å². The minimum Gasteiger partial charge on any atom is -0.387 e. The van der Waals surface area contributed by atoms with Crippen LogP contribution in [0.3, 0.4) is 0 Å². The molecule has 17 nitrogen and oxygen atoms in total. The number of phosphoric acid groups is 3. The molecular weight excluding hydrogens is 513 g/mol. The number of hydrogen-bond acceptors (Lipinski definition) is 12. The number of rotatable bonds is 8. The van der Waals surface area contributed by atoms with Gasteiger partial charge >= 0.3 is 23.5 Å². The van der Waals surface area contributed by atoms with E-state index in [1.54, 1.807) is 0 Å². The number of fused-ring (bicyclic) bond motifs is 1. The summed E-state index contributed by atoms with van der Waals surface area (Å²) in [6.07, 6.45) is -3.71. The maximum atomic E-state index is 11.8. The van der Waals surface area contributed by atoms with E-state index in [-0.39, 0.29) is 16.3 Å². The first kappa shape index (κ1) is 24.8. The maximum absolute atomic E-state index is 11.8. The molecule has 0 saturated carbocycles. The SMILES string of the molecule is O=P(O)(O)OP(=O)(O)OP(=O)(O)OCC1OC(n2cnc3c(Cl)ncnc32)C(O)C1O. The third kappa shape index (κ3) is 5.93. The normalized spacial score (nSPS) is 28.5. The number of nitrogens with zero attached hydrogens (tertiary/aromatic N) is 4.